The summed E-state index contributed by atoms with van der Waals surface area (Å²) in [5.41, 5.74) is 0. The van der Waals surface area contributed by atoms with Crippen molar-refractivity contribution in [1.29, 1.82) is 0 Å². The summed E-state index contributed by atoms with van der Waals surface area (Å²) in [6, 6.07) is -5.15. The van der Waals surface area contributed by atoms with Crippen molar-refractivity contribution in [2.45, 2.75) is 324 Å². The number of ether oxygens (including phenoxy) is 2. The zero-order valence-electron chi connectivity index (χ0n) is 55.2. The van der Waals surface area contributed by atoms with Crippen LogP contribution in [0.4, 0.5) is 0 Å². The van der Waals surface area contributed by atoms with E-state index in [2.05, 4.69) is 61.6 Å². The molecule has 0 aromatic heterocycles. The van der Waals surface area contributed by atoms with Gasteiger partial charge in [-0.2, -0.15) is 0 Å². The van der Waals surface area contributed by atoms with Gasteiger partial charge in [0.1, 0.15) is 30.2 Å². The highest BCUT2D eigenvalue weighted by molar-refractivity contribution is 5.96. The average Bonchev–Trinajstić information content (AvgIpc) is 3.41. The molecule has 0 saturated carbocycles. The SMILES string of the molecule is CCCCCCCCCCCCOC(=O)CCC(NC(=O)[C@H](CC(C)C)NC(=O)[C@H](CC(C)C)NC(=O)[C@H](CC(C)C)NC(=O)[C@H](CC(C)C)NC(=O)CCCCCCCCCC[N+](C)(C)C)C(=O)OCCCCCCCCCCCC. The van der Waals surface area contributed by atoms with Gasteiger partial charge in [-0.3, -0.25) is 28.8 Å². The van der Waals surface area contributed by atoms with Crippen LogP contribution < -0.4 is 26.6 Å². The van der Waals surface area contributed by atoms with E-state index in [4.69, 9.17) is 9.47 Å². The molecule has 15 heteroatoms. The van der Waals surface area contributed by atoms with Gasteiger partial charge in [0.05, 0.1) is 40.9 Å². The van der Waals surface area contributed by atoms with Crippen molar-refractivity contribution < 1.29 is 47.5 Å². The fourth-order valence-corrected chi connectivity index (χ4v) is 10.3. The van der Waals surface area contributed by atoms with Gasteiger partial charge in [-0.1, -0.05) is 217 Å². The minimum atomic E-state index is -1.16. The molecule has 0 heterocycles. The van der Waals surface area contributed by atoms with Crippen LogP contribution in [-0.2, 0) is 43.0 Å². The number of carbonyl (C=O) groups is 7. The summed E-state index contributed by atoms with van der Waals surface area (Å²) in [6.45, 7) is 21.7. The quantitative estimate of drug-likeness (QED) is 0.0223. The van der Waals surface area contributed by atoms with E-state index in [1.807, 2.05) is 55.4 Å². The van der Waals surface area contributed by atoms with Crippen LogP contribution in [0.2, 0.25) is 0 Å². The largest absolute Gasteiger partial charge is 0.466 e. The standard InChI is InChI=1S/C67H128N6O9/c1-14-16-18-20-22-24-28-32-36-40-46-81-62(75)44-43-56(67(80)82-47-41-37-33-29-25-23-21-19-17-15-2)69-64(77)58(49-53(5)6)71-66(79)60(51-55(9)10)72-65(78)59(50-54(7)8)70-63(76)57(48-52(3)4)68-61(74)42-38-34-30-26-27-31-35-39-45-73(11,12)13/h52-60H,14-51H2,1-13H3,(H4-,68,69,70,71,72,74,76,77,78,79)/p+1/t56?,57-,58-,59-,60-/m0/s1. The lowest BCUT2D eigenvalue weighted by atomic mass is 9.98. The Bertz CT molecular complexity index is 1680. The number of hydrogen-bond donors (Lipinski definition) is 5. The second-order valence-electron chi connectivity index (χ2n) is 26.8. The molecule has 1 unspecified atom stereocenters. The van der Waals surface area contributed by atoms with Gasteiger partial charge in [0.25, 0.3) is 0 Å². The van der Waals surface area contributed by atoms with E-state index in [-0.39, 0.29) is 68.3 Å². The van der Waals surface area contributed by atoms with Gasteiger partial charge < -0.3 is 40.5 Å². The lowest BCUT2D eigenvalue weighted by Crippen LogP contribution is -2.59. The number of unbranched alkanes of at least 4 members (excludes halogenated alkanes) is 25. The van der Waals surface area contributed by atoms with Crippen molar-refractivity contribution >= 4 is 41.5 Å². The summed E-state index contributed by atoms with van der Waals surface area (Å²) in [7, 11) is 6.67. The number of esters is 2. The molecule has 0 radical (unpaired) electrons. The third-order valence-electron chi connectivity index (χ3n) is 15.1. The highest BCUT2D eigenvalue weighted by atomic mass is 16.5. The molecule has 480 valence electrons. The Morgan fingerprint density at radius 2 is 0.634 bits per heavy atom. The fourth-order valence-electron chi connectivity index (χ4n) is 10.3. The van der Waals surface area contributed by atoms with Crippen LogP contribution in [0.25, 0.3) is 0 Å². The number of quaternary nitrogens is 1. The molecule has 0 aliphatic heterocycles. The molecular formula is C67H129N6O9+. The Morgan fingerprint density at radius 3 is 0.976 bits per heavy atom. The molecule has 0 aliphatic rings. The fraction of sp³-hybridized carbons (Fsp3) is 0.896. The van der Waals surface area contributed by atoms with Gasteiger partial charge in [-0.15, -0.1) is 0 Å². The molecule has 5 N–H and O–H groups in total. The maximum atomic E-state index is 14.4. The van der Waals surface area contributed by atoms with Crippen molar-refractivity contribution in [1.82, 2.24) is 26.6 Å². The van der Waals surface area contributed by atoms with Gasteiger partial charge in [0, 0.05) is 12.8 Å². The number of nitrogens with one attached hydrogen (secondary N) is 5. The molecule has 5 amide bonds. The molecule has 0 aliphatic carbocycles. The van der Waals surface area contributed by atoms with Gasteiger partial charge >= 0.3 is 11.9 Å². The minimum Gasteiger partial charge on any atom is -0.466 e. The van der Waals surface area contributed by atoms with E-state index in [0.29, 0.717) is 25.9 Å². The van der Waals surface area contributed by atoms with E-state index in [9.17, 15) is 33.6 Å². The summed E-state index contributed by atoms with van der Waals surface area (Å²) >= 11 is 0. The summed E-state index contributed by atoms with van der Waals surface area (Å²) < 4.78 is 12.3. The monoisotopic (exact) mass is 1160 g/mol. The lowest BCUT2D eigenvalue weighted by Gasteiger charge is -2.29. The number of hydrogen-bond acceptors (Lipinski definition) is 9. The molecule has 0 saturated heterocycles. The number of rotatable bonds is 54. The summed E-state index contributed by atoms with van der Waals surface area (Å²) in [4.78, 5) is 97.0. The van der Waals surface area contributed by atoms with Crippen LogP contribution in [0.15, 0.2) is 0 Å². The first-order chi connectivity index (χ1) is 39.0. The van der Waals surface area contributed by atoms with Crippen molar-refractivity contribution in [3.8, 4) is 0 Å². The Balaban J connectivity index is 5.97. The molecule has 0 spiro atoms. The zero-order chi connectivity index (χ0) is 61.6. The van der Waals surface area contributed by atoms with Gasteiger partial charge in [0.2, 0.25) is 29.5 Å². The highest BCUT2D eigenvalue weighted by Gasteiger charge is 2.34. The predicted molar refractivity (Wildman–Crippen MR) is 337 cm³/mol. The summed E-state index contributed by atoms with van der Waals surface area (Å²) in [6.07, 6.45) is 33.1. The minimum absolute atomic E-state index is 0.00522. The maximum absolute atomic E-state index is 14.4. The van der Waals surface area contributed by atoms with E-state index >= 15 is 0 Å². The lowest BCUT2D eigenvalue weighted by molar-refractivity contribution is -0.870. The number of amides is 5. The van der Waals surface area contributed by atoms with E-state index in [1.165, 1.54) is 116 Å². The Morgan fingerprint density at radius 1 is 0.341 bits per heavy atom. The van der Waals surface area contributed by atoms with Gasteiger partial charge in [-0.25, -0.2) is 4.79 Å². The number of nitrogens with zero attached hydrogens (tertiary/aromatic N) is 1. The first-order valence-corrected chi connectivity index (χ1v) is 33.6. The molecule has 0 fully saturated rings. The van der Waals surface area contributed by atoms with Crippen LogP contribution in [-0.4, -0.2) is 117 Å². The Kier molecular flexibility index (Phi) is 47.2. The van der Waals surface area contributed by atoms with E-state index in [0.717, 1.165) is 68.7 Å². The Hall–Kier alpha value is -3.75. The van der Waals surface area contributed by atoms with Crippen LogP contribution in [0.1, 0.15) is 294 Å². The average molecular weight is 1160 g/mol. The normalized spacial score (nSPS) is 13.6. The molecule has 0 aromatic carbocycles. The molecule has 0 aromatic rings. The van der Waals surface area contributed by atoms with Crippen LogP contribution in [0.5, 0.6) is 0 Å². The van der Waals surface area contributed by atoms with Crippen molar-refractivity contribution in [3.05, 3.63) is 0 Å². The van der Waals surface area contributed by atoms with E-state index < -0.39 is 65.8 Å². The van der Waals surface area contributed by atoms with Crippen molar-refractivity contribution in [2.24, 2.45) is 23.7 Å². The zero-order valence-corrected chi connectivity index (χ0v) is 55.2. The molecule has 0 rings (SSSR count). The molecule has 82 heavy (non-hydrogen) atoms. The third kappa shape index (κ3) is 45.7. The van der Waals surface area contributed by atoms with Crippen molar-refractivity contribution in [2.75, 3.05) is 40.9 Å². The van der Waals surface area contributed by atoms with Crippen LogP contribution in [0.3, 0.4) is 0 Å². The second-order valence-corrected chi connectivity index (χ2v) is 26.8. The van der Waals surface area contributed by atoms with Gasteiger partial charge in [-0.05, 0) is 87.9 Å². The van der Waals surface area contributed by atoms with Crippen molar-refractivity contribution in [3.63, 3.8) is 0 Å². The van der Waals surface area contributed by atoms with Gasteiger partial charge in [0.15, 0.2) is 0 Å². The topological polar surface area (TPSA) is 198 Å². The predicted octanol–water partition coefficient (Wildman–Crippen LogP) is 13.5. The number of carbonyl (C=O) groups excluding carboxylic acids is 7. The smallest absolute Gasteiger partial charge is 0.328 e. The van der Waals surface area contributed by atoms with Crippen LogP contribution >= 0.6 is 0 Å². The van der Waals surface area contributed by atoms with E-state index in [1.54, 1.807) is 0 Å². The molecular weight excluding hydrogens is 1030 g/mol. The van der Waals surface area contributed by atoms with Crippen LogP contribution in [0, 0.1) is 23.7 Å². The third-order valence-corrected chi connectivity index (χ3v) is 15.1. The molecule has 0 bridgehead atoms. The Labute approximate surface area is 502 Å². The summed E-state index contributed by atoms with van der Waals surface area (Å²) in [5, 5.41) is 14.5. The first kappa shape index (κ1) is 78.2. The summed E-state index contributed by atoms with van der Waals surface area (Å²) in [5.74, 6) is -3.47. The highest BCUT2D eigenvalue weighted by Crippen LogP contribution is 2.17. The second kappa shape index (κ2) is 49.5. The molecule has 5 atom stereocenters. The maximum Gasteiger partial charge on any atom is 0.328 e. The first-order valence-electron chi connectivity index (χ1n) is 33.6. The molecule has 15 nitrogen and oxygen atoms in total.